The Morgan fingerprint density at radius 1 is 1.18 bits per heavy atom. The molecule has 0 saturated carbocycles. The Hall–Kier alpha value is -1.06. The Labute approximate surface area is 104 Å². The third-order valence-electron chi connectivity index (χ3n) is 2.67. The van der Waals surface area contributed by atoms with Gasteiger partial charge in [-0.2, -0.15) is 0 Å². The molecule has 2 rings (SSSR count). The first-order chi connectivity index (χ1) is 8.36. The van der Waals surface area contributed by atoms with E-state index in [1.54, 1.807) is 7.11 Å². The van der Waals surface area contributed by atoms with Crippen LogP contribution in [-0.2, 0) is 4.74 Å². The number of methoxy groups -OCH3 is 1. The Bertz CT molecular complexity index is 271. The van der Waals surface area contributed by atoms with Gasteiger partial charge in [0.05, 0.1) is 12.7 Å². The molecule has 0 bridgehead atoms. The van der Waals surface area contributed by atoms with E-state index in [2.05, 4.69) is 5.32 Å². The van der Waals surface area contributed by atoms with Crippen molar-refractivity contribution in [1.29, 1.82) is 0 Å². The van der Waals surface area contributed by atoms with E-state index >= 15 is 0 Å². The smallest absolute Gasteiger partial charge is 0.119 e. The van der Waals surface area contributed by atoms with Crippen molar-refractivity contribution in [3.8, 4) is 5.75 Å². The second-order valence-corrected chi connectivity index (χ2v) is 3.93. The van der Waals surface area contributed by atoms with E-state index in [0.717, 1.165) is 25.4 Å². The van der Waals surface area contributed by atoms with Crippen molar-refractivity contribution >= 4 is 0 Å². The fourth-order valence-electron chi connectivity index (χ4n) is 1.71. The molecule has 96 valence electrons. The summed E-state index contributed by atoms with van der Waals surface area (Å²) in [4.78, 5) is 0. The van der Waals surface area contributed by atoms with Gasteiger partial charge in [-0.25, -0.2) is 0 Å². The monoisotopic (exact) mass is 237 g/mol. The number of hydrogen-bond donors (Lipinski definition) is 1. The zero-order valence-corrected chi connectivity index (χ0v) is 10.8. The number of ether oxygens (including phenoxy) is 2. The van der Waals surface area contributed by atoms with Gasteiger partial charge < -0.3 is 14.8 Å². The Kier molecular flexibility index (Phi) is 7.43. The van der Waals surface area contributed by atoms with E-state index in [0.29, 0.717) is 6.10 Å². The highest BCUT2D eigenvalue weighted by Gasteiger charge is 2.09. The van der Waals surface area contributed by atoms with Crippen molar-refractivity contribution < 1.29 is 9.47 Å². The normalized spacial score (nSPS) is 15.9. The molecule has 0 aliphatic carbocycles. The fourth-order valence-corrected chi connectivity index (χ4v) is 1.71. The summed E-state index contributed by atoms with van der Waals surface area (Å²) < 4.78 is 10.4. The first kappa shape index (κ1) is 14.0. The van der Waals surface area contributed by atoms with Crippen LogP contribution in [0.3, 0.4) is 0 Å². The third kappa shape index (κ3) is 6.29. The molecule has 0 radical (unpaired) electrons. The predicted molar refractivity (Wildman–Crippen MR) is 70.5 cm³/mol. The molecule has 1 aromatic carbocycles. The van der Waals surface area contributed by atoms with E-state index in [9.17, 15) is 0 Å². The molecule has 3 heteroatoms. The van der Waals surface area contributed by atoms with Gasteiger partial charge >= 0.3 is 0 Å². The van der Waals surface area contributed by atoms with Crippen LogP contribution in [0.1, 0.15) is 19.8 Å². The molecule has 0 amide bonds. The minimum atomic E-state index is 0.524. The van der Waals surface area contributed by atoms with Crippen molar-refractivity contribution in [1.82, 2.24) is 5.32 Å². The fraction of sp³-hybridized carbons (Fsp3) is 0.571. The molecule has 1 fully saturated rings. The molecule has 0 aromatic heterocycles. The zero-order chi connectivity index (χ0) is 12.3. The van der Waals surface area contributed by atoms with Crippen molar-refractivity contribution in [2.45, 2.75) is 25.9 Å². The van der Waals surface area contributed by atoms with Gasteiger partial charge in [0.1, 0.15) is 5.75 Å². The summed E-state index contributed by atoms with van der Waals surface area (Å²) >= 11 is 0. The zero-order valence-electron chi connectivity index (χ0n) is 10.8. The lowest BCUT2D eigenvalue weighted by molar-refractivity contribution is 0.0765. The molecule has 1 heterocycles. The summed E-state index contributed by atoms with van der Waals surface area (Å²) in [6, 6.07) is 9.80. The van der Waals surface area contributed by atoms with Crippen LogP contribution in [0.25, 0.3) is 0 Å². The Morgan fingerprint density at radius 2 is 1.82 bits per heavy atom. The number of nitrogens with one attached hydrogen (secondary N) is 1. The summed E-state index contributed by atoms with van der Waals surface area (Å²) in [5, 5.41) is 3.27. The van der Waals surface area contributed by atoms with Gasteiger partial charge in [-0.15, -0.1) is 0 Å². The van der Waals surface area contributed by atoms with E-state index in [-0.39, 0.29) is 0 Å². The van der Waals surface area contributed by atoms with Crippen molar-refractivity contribution in [3.63, 3.8) is 0 Å². The standard InChI is InChI=1S/C8H10O.C6H13NO/c1-2-9-8-6-4-3-5-7-8;1-8-6-2-4-7-5-3-6/h3-7H,2H2,1H3;6-7H,2-5H2,1H3. The summed E-state index contributed by atoms with van der Waals surface area (Å²) in [7, 11) is 1.79. The van der Waals surface area contributed by atoms with Crippen LogP contribution in [0.2, 0.25) is 0 Å². The number of piperidine rings is 1. The number of para-hydroxylation sites is 1. The summed E-state index contributed by atoms with van der Waals surface area (Å²) in [5.41, 5.74) is 0. The molecule has 0 atom stereocenters. The third-order valence-corrected chi connectivity index (χ3v) is 2.67. The van der Waals surface area contributed by atoms with Crippen LogP contribution in [0.4, 0.5) is 0 Å². The average Bonchev–Trinajstić information content (AvgIpc) is 2.42. The molecule has 0 unspecified atom stereocenters. The molecular formula is C14H23NO2. The van der Waals surface area contributed by atoms with Crippen LogP contribution < -0.4 is 10.1 Å². The van der Waals surface area contributed by atoms with Crippen LogP contribution in [0.15, 0.2) is 30.3 Å². The minimum absolute atomic E-state index is 0.524. The number of rotatable bonds is 3. The quantitative estimate of drug-likeness (QED) is 0.876. The molecule has 1 saturated heterocycles. The van der Waals surface area contributed by atoms with Crippen LogP contribution in [0.5, 0.6) is 5.75 Å². The van der Waals surface area contributed by atoms with Gasteiger partial charge in [-0.05, 0) is 45.0 Å². The molecular weight excluding hydrogens is 214 g/mol. The number of benzene rings is 1. The van der Waals surface area contributed by atoms with Gasteiger partial charge in [-0.1, -0.05) is 18.2 Å². The maximum atomic E-state index is 5.21. The lowest BCUT2D eigenvalue weighted by Gasteiger charge is -2.20. The first-order valence-corrected chi connectivity index (χ1v) is 6.28. The topological polar surface area (TPSA) is 30.5 Å². The van der Waals surface area contributed by atoms with E-state index < -0.39 is 0 Å². The predicted octanol–water partition coefficient (Wildman–Crippen LogP) is 2.47. The van der Waals surface area contributed by atoms with E-state index in [1.807, 2.05) is 37.3 Å². The molecule has 1 aromatic rings. The van der Waals surface area contributed by atoms with Crippen LogP contribution >= 0.6 is 0 Å². The maximum Gasteiger partial charge on any atom is 0.119 e. The second-order valence-electron chi connectivity index (χ2n) is 3.93. The van der Waals surface area contributed by atoms with Crippen molar-refractivity contribution in [2.75, 3.05) is 26.8 Å². The lowest BCUT2D eigenvalue weighted by atomic mass is 10.1. The van der Waals surface area contributed by atoms with Gasteiger partial charge in [0, 0.05) is 7.11 Å². The Morgan fingerprint density at radius 3 is 2.29 bits per heavy atom. The maximum absolute atomic E-state index is 5.21. The largest absolute Gasteiger partial charge is 0.494 e. The number of hydrogen-bond acceptors (Lipinski definition) is 3. The van der Waals surface area contributed by atoms with Gasteiger partial charge in [-0.3, -0.25) is 0 Å². The SMILES string of the molecule is CCOc1ccccc1.COC1CCNCC1. The lowest BCUT2D eigenvalue weighted by Crippen LogP contribution is -2.31. The van der Waals surface area contributed by atoms with Gasteiger partial charge in [0.15, 0.2) is 0 Å². The highest BCUT2D eigenvalue weighted by Crippen LogP contribution is 2.07. The molecule has 1 N–H and O–H groups in total. The highest BCUT2D eigenvalue weighted by atomic mass is 16.5. The van der Waals surface area contributed by atoms with Crippen LogP contribution in [0, 0.1) is 0 Å². The summed E-state index contributed by atoms with van der Waals surface area (Å²) in [6.45, 7) is 4.97. The van der Waals surface area contributed by atoms with Crippen LogP contribution in [-0.4, -0.2) is 32.9 Å². The Balaban J connectivity index is 0.000000171. The van der Waals surface area contributed by atoms with Gasteiger partial charge in [0.25, 0.3) is 0 Å². The van der Waals surface area contributed by atoms with E-state index in [1.165, 1.54) is 12.8 Å². The molecule has 0 spiro atoms. The minimum Gasteiger partial charge on any atom is -0.494 e. The summed E-state index contributed by atoms with van der Waals surface area (Å²) in [6.07, 6.45) is 2.88. The molecule has 1 aliphatic heterocycles. The van der Waals surface area contributed by atoms with E-state index in [4.69, 9.17) is 9.47 Å². The molecule has 1 aliphatic rings. The average molecular weight is 237 g/mol. The van der Waals surface area contributed by atoms with Crippen molar-refractivity contribution in [3.05, 3.63) is 30.3 Å². The summed E-state index contributed by atoms with van der Waals surface area (Å²) in [5.74, 6) is 0.944. The highest BCUT2D eigenvalue weighted by molar-refractivity contribution is 5.20. The first-order valence-electron chi connectivity index (χ1n) is 6.28. The molecule has 3 nitrogen and oxygen atoms in total. The second kappa shape index (κ2) is 9.02. The van der Waals surface area contributed by atoms with Crippen molar-refractivity contribution in [2.24, 2.45) is 0 Å². The molecule has 17 heavy (non-hydrogen) atoms. The van der Waals surface area contributed by atoms with Gasteiger partial charge in [0.2, 0.25) is 0 Å².